The van der Waals surface area contributed by atoms with Gasteiger partial charge >= 0.3 is 0 Å². The van der Waals surface area contributed by atoms with Crippen molar-refractivity contribution in [3.05, 3.63) is 58.7 Å². The van der Waals surface area contributed by atoms with Gasteiger partial charge in [-0.3, -0.25) is 4.79 Å². The van der Waals surface area contributed by atoms with Crippen molar-refractivity contribution in [2.24, 2.45) is 0 Å². The molecule has 4 nitrogen and oxygen atoms in total. The van der Waals surface area contributed by atoms with Gasteiger partial charge in [-0.05, 0) is 19.1 Å². The zero-order valence-electron chi connectivity index (χ0n) is 12.7. The molecule has 23 heavy (non-hydrogen) atoms. The van der Waals surface area contributed by atoms with Crippen LogP contribution >= 0.6 is 23.4 Å². The fourth-order valence-corrected chi connectivity index (χ4v) is 4.11. The minimum atomic E-state index is -0.0530. The first kappa shape index (κ1) is 16.1. The zero-order chi connectivity index (χ0) is 16.2. The summed E-state index contributed by atoms with van der Waals surface area (Å²) < 4.78 is 5.31. The average molecular weight is 349 g/mol. The van der Waals surface area contributed by atoms with Crippen LogP contribution in [-0.2, 0) is 0 Å². The summed E-state index contributed by atoms with van der Waals surface area (Å²) in [5.41, 5.74) is 1.54. The first-order chi connectivity index (χ1) is 11.2. The number of carbonyl (C=O) groups excluding carboxylic acids is 1. The Morgan fingerprint density at radius 3 is 2.91 bits per heavy atom. The summed E-state index contributed by atoms with van der Waals surface area (Å²) in [6.07, 6.45) is 1.57. The fourth-order valence-electron chi connectivity index (χ4n) is 2.52. The molecule has 2 aromatic rings. The summed E-state index contributed by atoms with van der Waals surface area (Å²) in [5.74, 6) is 1.39. The Kier molecular flexibility index (Phi) is 5.08. The van der Waals surface area contributed by atoms with Gasteiger partial charge in [-0.15, -0.1) is 11.8 Å². The maximum absolute atomic E-state index is 12.8. The predicted octanol–water partition coefficient (Wildman–Crippen LogP) is 4.02. The van der Waals surface area contributed by atoms with Crippen molar-refractivity contribution in [3.8, 4) is 5.88 Å². The number of amides is 1. The number of benzene rings is 1. The van der Waals surface area contributed by atoms with E-state index in [2.05, 4.69) is 4.98 Å². The van der Waals surface area contributed by atoms with Crippen molar-refractivity contribution in [2.75, 3.05) is 18.9 Å². The van der Waals surface area contributed by atoms with Crippen molar-refractivity contribution in [3.63, 3.8) is 0 Å². The maximum Gasteiger partial charge on any atom is 0.256 e. The highest BCUT2D eigenvalue weighted by molar-refractivity contribution is 7.99. The van der Waals surface area contributed by atoms with Gasteiger partial charge in [0.1, 0.15) is 5.37 Å². The maximum atomic E-state index is 12.8. The van der Waals surface area contributed by atoms with E-state index < -0.39 is 0 Å². The molecule has 0 bridgehead atoms. The average Bonchev–Trinajstić information content (AvgIpc) is 3.05. The second-order valence-electron chi connectivity index (χ2n) is 5.06. The van der Waals surface area contributed by atoms with Crippen molar-refractivity contribution >= 4 is 29.3 Å². The second kappa shape index (κ2) is 7.23. The molecule has 1 amide bonds. The van der Waals surface area contributed by atoms with Crippen LogP contribution in [0.5, 0.6) is 5.88 Å². The van der Waals surface area contributed by atoms with E-state index in [-0.39, 0.29) is 11.3 Å². The van der Waals surface area contributed by atoms with Crippen molar-refractivity contribution < 1.29 is 9.53 Å². The third-order valence-corrected chi connectivity index (χ3v) is 5.19. The number of pyridine rings is 1. The van der Waals surface area contributed by atoms with Crippen molar-refractivity contribution in [1.29, 1.82) is 0 Å². The molecule has 2 heterocycles. The van der Waals surface area contributed by atoms with E-state index in [1.165, 1.54) is 0 Å². The molecule has 1 fully saturated rings. The number of hydrogen-bond donors (Lipinski definition) is 0. The summed E-state index contributed by atoms with van der Waals surface area (Å²) in [5, 5.41) is 0.636. The number of thioether (sulfide) groups is 1. The van der Waals surface area contributed by atoms with Crippen LogP contribution in [0.25, 0.3) is 0 Å². The molecule has 0 N–H and O–H groups in total. The van der Waals surface area contributed by atoms with Crippen LogP contribution in [0.15, 0.2) is 42.6 Å². The minimum Gasteiger partial charge on any atom is -0.478 e. The zero-order valence-corrected chi connectivity index (χ0v) is 14.3. The molecule has 6 heteroatoms. The van der Waals surface area contributed by atoms with Crippen LogP contribution in [0.4, 0.5) is 0 Å². The van der Waals surface area contributed by atoms with Crippen molar-refractivity contribution in [1.82, 2.24) is 9.88 Å². The number of ether oxygens (including phenoxy) is 1. The lowest BCUT2D eigenvalue weighted by atomic mass is 10.2. The van der Waals surface area contributed by atoms with Gasteiger partial charge < -0.3 is 9.64 Å². The Morgan fingerprint density at radius 2 is 2.22 bits per heavy atom. The minimum absolute atomic E-state index is 0.0320. The molecule has 1 saturated heterocycles. The Balaban J connectivity index is 1.82. The number of halogens is 1. The normalized spacial score (nSPS) is 17.3. The lowest BCUT2D eigenvalue weighted by Crippen LogP contribution is -2.30. The van der Waals surface area contributed by atoms with Crippen LogP contribution < -0.4 is 4.74 Å². The molecular formula is C17H17ClN2O2S. The van der Waals surface area contributed by atoms with Crippen LogP contribution in [0.2, 0.25) is 5.02 Å². The molecular weight excluding hydrogens is 332 g/mol. The van der Waals surface area contributed by atoms with E-state index >= 15 is 0 Å². The quantitative estimate of drug-likeness (QED) is 0.836. The summed E-state index contributed by atoms with van der Waals surface area (Å²) in [4.78, 5) is 18.8. The van der Waals surface area contributed by atoms with E-state index in [0.717, 1.165) is 11.3 Å². The Morgan fingerprint density at radius 1 is 1.39 bits per heavy atom. The highest BCUT2D eigenvalue weighted by Crippen LogP contribution is 2.41. The summed E-state index contributed by atoms with van der Waals surface area (Å²) in [6.45, 7) is 3.15. The molecule has 1 atom stereocenters. The van der Waals surface area contributed by atoms with Gasteiger partial charge in [0, 0.05) is 35.1 Å². The SMILES string of the molecule is CCOc1ccc(C(=O)N2CCSC2c2ccccc2Cl)cn1. The molecule has 3 rings (SSSR count). The van der Waals surface area contributed by atoms with Crippen molar-refractivity contribution in [2.45, 2.75) is 12.3 Å². The number of nitrogens with zero attached hydrogens (tertiary/aromatic N) is 2. The number of hydrogen-bond acceptors (Lipinski definition) is 4. The molecule has 0 spiro atoms. The van der Waals surface area contributed by atoms with E-state index in [4.69, 9.17) is 16.3 Å². The van der Waals surface area contributed by atoms with Gasteiger partial charge in [0.25, 0.3) is 5.91 Å². The van der Waals surface area contributed by atoms with E-state index in [1.54, 1.807) is 30.1 Å². The van der Waals surface area contributed by atoms with Gasteiger partial charge in [0.15, 0.2) is 0 Å². The van der Waals surface area contributed by atoms with E-state index in [0.29, 0.717) is 29.6 Å². The monoisotopic (exact) mass is 348 g/mol. The highest BCUT2D eigenvalue weighted by Gasteiger charge is 2.32. The molecule has 0 radical (unpaired) electrons. The first-order valence-corrected chi connectivity index (χ1v) is 8.89. The molecule has 0 aliphatic carbocycles. The van der Waals surface area contributed by atoms with Crippen LogP contribution in [-0.4, -0.2) is 34.7 Å². The third kappa shape index (κ3) is 3.46. The number of carbonyl (C=O) groups is 1. The molecule has 1 aromatic carbocycles. The molecule has 1 aromatic heterocycles. The first-order valence-electron chi connectivity index (χ1n) is 7.46. The number of rotatable bonds is 4. The van der Waals surface area contributed by atoms with Gasteiger partial charge in [-0.25, -0.2) is 4.98 Å². The van der Waals surface area contributed by atoms with Gasteiger partial charge in [-0.1, -0.05) is 29.8 Å². The lowest BCUT2D eigenvalue weighted by Gasteiger charge is -2.24. The third-order valence-electron chi connectivity index (χ3n) is 3.60. The topological polar surface area (TPSA) is 42.4 Å². The lowest BCUT2D eigenvalue weighted by molar-refractivity contribution is 0.0760. The van der Waals surface area contributed by atoms with Gasteiger partial charge in [-0.2, -0.15) is 0 Å². The predicted molar refractivity (Wildman–Crippen MR) is 93.1 cm³/mol. The van der Waals surface area contributed by atoms with Crippen LogP contribution in [0.1, 0.15) is 28.2 Å². The molecule has 1 aliphatic rings. The Labute approximate surface area is 144 Å². The fraction of sp³-hybridized carbons (Fsp3) is 0.294. The summed E-state index contributed by atoms with van der Waals surface area (Å²) >= 11 is 8.02. The van der Waals surface area contributed by atoms with E-state index in [1.807, 2.05) is 36.1 Å². The Hall–Kier alpha value is -1.72. The van der Waals surface area contributed by atoms with Gasteiger partial charge in [0.05, 0.1) is 12.2 Å². The summed E-state index contributed by atoms with van der Waals surface area (Å²) in [6, 6.07) is 11.2. The smallest absolute Gasteiger partial charge is 0.256 e. The number of aromatic nitrogens is 1. The van der Waals surface area contributed by atoms with Crippen LogP contribution in [0.3, 0.4) is 0 Å². The largest absolute Gasteiger partial charge is 0.478 e. The second-order valence-corrected chi connectivity index (χ2v) is 6.66. The van der Waals surface area contributed by atoms with Gasteiger partial charge in [0.2, 0.25) is 5.88 Å². The van der Waals surface area contributed by atoms with Crippen LogP contribution in [0, 0.1) is 0 Å². The van der Waals surface area contributed by atoms with E-state index in [9.17, 15) is 4.79 Å². The Bertz CT molecular complexity index is 693. The molecule has 1 aliphatic heterocycles. The highest BCUT2D eigenvalue weighted by atomic mass is 35.5. The molecule has 0 saturated carbocycles. The summed E-state index contributed by atoms with van der Waals surface area (Å²) in [7, 11) is 0. The standard InChI is InChI=1S/C17H17ClN2O2S/c1-2-22-15-8-7-12(11-19-15)16(21)20-9-10-23-17(20)13-5-3-4-6-14(13)18/h3-8,11,17H,2,9-10H2,1H3. The molecule has 120 valence electrons. The molecule has 1 unspecified atom stereocenters.